The Morgan fingerprint density at radius 1 is 1.16 bits per heavy atom. The van der Waals surface area contributed by atoms with Gasteiger partial charge in [0.25, 0.3) is 11.7 Å². The van der Waals surface area contributed by atoms with Crippen molar-refractivity contribution in [1.29, 1.82) is 0 Å². The number of hydrogen-bond acceptors (Lipinski definition) is 6. The summed E-state index contributed by atoms with van der Waals surface area (Å²) in [6.07, 6.45) is 5.28. The van der Waals surface area contributed by atoms with Gasteiger partial charge in [-0.15, -0.1) is 4.59 Å². The average molecular weight is 431 g/mol. The summed E-state index contributed by atoms with van der Waals surface area (Å²) >= 11 is 0. The van der Waals surface area contributed by atoms with Gasteiger partial charge >= 0.3 is 0 Å². The zero-order chi connectivity index (χ0) is 22.6. The molecule has 0 radical (unpaired) electrons. The molecule has 0 fully saturated rings. The third-order valence-electron chi connectivity index (χ3n) is 5.50. The molecule has 0 saturated heterocycles. The standard InChI is InChI=1S/C24H27N7O/c1-3-4-13-26-23(32)19-10-11-21-20(15-19)28-16-31(21,25)22-12-14-27-24(30-22)29-17(2)18-8-6-5-7-9-18/h5-12,14-17H,3-4,13,25H2,1-2H3,(H-,26,27,29,30,32)/p+1. The number of rotatable bonds is 8. The van der Waals surface area contributed by atoms with Gasteiger partial charge in [-0.1, -0.05) is 43.7 Å². The lowest BCUT2D eigenvalue weighted by Crippen LogP contribution is -2.49. The summed E-state index contributed by atoms with van der Waals surface area (Å²) in [4.78, 5) is 25.9. The maximum atomic E-state index is 12.4. The van der Waals surface area contributed by atoms with Crippen LogP contribution in [0.2, 0.25) is 0 Å². The Kier molecular flexibility index (Phi) is 6.25. The predicted octanol–water partition coefficient (Wildman–Crippen LogP) is 4.37. The lowest BCUT2D eigenvalue weighted by Gasteiger charge is -2.23. The van der Waals surface area contributed by atoms with Gasteiger partial charge in [-0.25, -0.2) is 4.98 Å². The number of unbranched alkanes of at least 4 members (excludes halogenated alkanes) is 1. The van der Waals surface area contributed by atoms with Crippen molar-refractivity contribution in [3.8, 4) is 0 Å². The highest BCUT2D eigenvalue weighted by atomic mass is 16.1. The van der Waals surface area contributed by atoms with Crippen LogP contribution < -0.4 is 21.1 Å². The molecule has 164 valence electrons. The minimum absolute atomic E-state index is 0.0333. The lowest BCUT2D eigenvalue weighted by atomic mass is 10.1. The van der Waals surface area contributed by atoms with E-state index < -0.39 is 0 Å². The minimum Gasteiger partial charge on any atom is -0.352 e. The summed E-state index contributed by atoms with van der Waals surface area (Å²) in [7, 11) is 0. The van der Waals surface area contributed by atoms with Crippen molar-refractivity contribution in [2.45, 2.75) is 32.7 Å². The van der Waals surface area contributed by atoms with Crippen LogP contribution in [-0.4, -0.2) is 28.8 Å². The van der Waals surface area contributed by atoms with Gasteiger partial charge in [0.15, 0.2) is 5.69 Å². The molecule has 0 saturated carbocycles. The molecule has 4 N–H and O–H groups in total. The van der Waals surface area contributed by atoms with E-state index in [0.717, 1.165) is 24.1 Å². The van der Waals surface area contributed by atoms with Crippen molar-refractivity contribution >= 4 is 35.4 Å². The number of aliphatic imine (C=N–C) groups is 1. The maximum Gasteiger partial charge on any atom is 0.263 e. The zero-order valence-electron chi connectivity index (χ0n) is 18.3. The number of hydrogen-bond donors (Lipinski definition) is 3. The second-order valence-electron chi connectivity index (χ2n) is 7.85. The molecule has 1 aliphatic rings. The molecule has 32 heavy (non-hydrogen) atoms. The average Bonchev–Trinajstić information content (AvgIpc) is 3.17. The van der Waals surface area contributed by atoms with Crippen molar-refractivity contribution in [3.63, 3.8) is 0 Å². The van der Waals surface area contributed by atoms with Crippen LogP contribution >= 0.6 is 0 Å². The molecule has 0 bridgehead atoms. The van der Waals surface area contributed by atoms with Gasteiger partial charge in [-0.3, -0.25) is 4.79 Å². The molecule has 0 aliphatic carbocycles. The highest BCUT2D eigenvalue weighted by Gasteiger charge is 2.38. The molecule has 1 amide bonds. The van der Waals surface area contributed by atoms with E-state index in [9.17, 15) is 4.79 Å². The normalized spacial score (nSPS) is 17.6. The van der Waals surface area contributed by atoms with Crippen LogP contribution in [0, 0.1) is 0 Å². The number of nitrogens with two attached hydrogens (primary N) is 1. The quantitative estimate of drug-likeness (QED) is 0.280. The van der Waals surface area contributed by atoms with E-state index in [0.29, 0.717) is 29.6 Å². The first-order chi connectivity index (χ1) is 15.5. The molecule has 0 spiro atoms. The highest BCUT2D eigenvalue weighted by molar-refractivity contribution is 5.99. The lowest BCUT2D eigenvalue weighted by molar-refractivity contribution is 0.0953. The molecule has 1 aliphatic heterocycles. The molecule has 1 aromatic heterocycles. The van der Waals surface area contributed by atoms with Crippen molar-refractivity contribution in [1.82, 2.24) is 19.9 Å². The number of nitrogens with zero attached hydrogens (tertiary/aromatic N) is 4. The summed E-state index contributed by atoms with van der Waals surface area (Å²) in [6.45, 7) is 4.80. The van der Waals surface area contributed by atoms with E-state index in [4.69, 9.17) is 5.84 Å². The van der Waals surface area contributed by atoms with Gasteiger partial charge in [0.05, 0.1) is 6.04 Å². The second kappa shape index (κ2) is 9.25. The summed E-state index contributed by atoms with van der Waals surface area (Å²) in [5.74, 6) is 7.64. The first-order valence-electron chi connectivity index (χ1n) is 10.8. The minimum atomic E-state index is -0.190. The smallest absolute Gasteiger partial charge is 0.263 e. The number of carbonyl (C=O) groups excluding carboxylic acids is 1. The van der Waals surface area contributed by atoms with E-state index in [-0.39, 0.29) is 16.5 Å². The van der Waals surface area contributed by atoms with Crippen LogP contribution in [0.5, 0.6) is 0 Å². The molecule has 2 atom stereocenters. The Bertz CT molecular complexity index is 1130. The van der Waals surface area contributed by atoms with Gasteiger partial charge < -0.3 is 10.6 Å². The fourth-order valence-corrected chi connectivity index (χ4v) is 3.60. The molecule has 2 unspecified atom stereocenters. The van der Waals surface area contributed by atoms with Crippen LogP contribution in [0.3, 0.4) is 0 Å². The van der Waals surface area contributed by atoms with E-state index in [1.165, 1.54) is 0 Å². The fourth-order valence-electron chi connectivity index (χ4n) is 3.60. The van der Waals surface area contributed by atoms with E-state index >= 15 is 0 Å². The molecule has 2 aromatic carbocycles. The number of benzene rings is 2. The summed E-state index contributed by atoms with van der Waals surface area (Å²) in [5, 5.41) is 6.25. The molecule has 8 heteroatoms. The van der Waals surface area contributed by atoms with Crippen molar-refractivity contribution < 1.29 is 4.79 Å². The summed E-state index contributed by atoms with van der Waals surface area (Å²) < 4.78 is -0.190. The summed E-state index contributed by atoms with van der Waals surface area (Å²) in [5.41, 5.74) is 3.10. The Balaban J connectivity index is 1.55. The fraction of sp³-hybridized carbons (Fsp3) is 0.250. The van der Waals surface area contributed by atoms with Crippen LogP contribution in [-0.2, 0) is 0 Å². The van der Waals surface area contributed by atoms with E-state index in [1.54, 1.807) is 30.7 Å². The number of fused-ring (bicyclic) bond motifs is 1. The van der Waals surface area contributed by atoms with Crippen LogP contribution in [0.25, 0.3) is 0 Å². The van der Waals surface area contributed by atoms with Crippen LogP contribution in [0.15, 0.2) is 65.8 Å². The van der Waals surface area contributed by atoms with E-state index in [2.05, 4.69) is 51.6 Å². The zero-order valence-corrected chi connectivity index (χ0v) is 18.3. The Morgan fingerprint density at radius 2 is 1.97 bits per heavy atom. The van der Waals surface area contributed by atoms with Gasteiger partial charge in [0.2, 0.25) is 12.3 Å². The first-order valence-corrected chi connectivity index (χ1v) is 10.8. The third kappa shape index (κ3) is 4.37. The highest BCUT2D eigenvalue weighted by Crippen LogP contribution is 2.41. The third-order valence-corrected chi connectivity index (χ3v) is 5.50. The molecular weight excluding hydrogens is 402 g/mol. The topological polar surface area (TPSA) is 105 Å². The maximum absolute atomic E-state index is 12.4. The van der Waals surface area contributed by atoms with Gasteiger partial charge in [0, 0.05) is 30.4 Å². The van der Waals surface area contributed by atoms with Gasteiger partial charge in [-0.05, 0) is 31.0 Å². The molecule has 8 nitrogen and oxygen atoms in total. The number of aromatic nitrogens is 2. The predicted molar refractivity (Wildman–Crippen MR) is 128 cm³/mol. The number of anilines is 1. The number of quaternary nitrogens is 1. The Labute approximate surface area is 187 Å². The summed E-state index contributed by atoms with van der Waals surface area (Å²) in [6, 6.07) is 17.3. The van der Waals surface area contributed by atoms with Crippen molar-refractivity contribution in [2.75, 3.05) is 11.9 Å². The largest absolute Gasteiger partial charge is 0.352 e. The van der Waals surface area contributed by atoms with Crippen LogP contribution in [0.1, 0.15) is 48.7 Å². The molecule has 4 rings (SSSR count). The Morgan fingerprint density at radius 3 is 2.75 bits per heavy atom. The Hall–Kier alpha value is -3.62. The van der Waals surface area contributed by atoms with Crippen molar-refractivity contribution in [3.05, 3.63) is 71.9 Å². The SMILES string of the molecule is CCCCNC(=O)c1ccc2c(c1)N=C[N+]2(N)c1ccnc(NC(C)c2ccccc2)n1. The monoisotopic (exact) mass is 430 g/mol. The molecular formula is C24H28N7O+. The van der Waals surface area contributed by atoms with Crippen molar-refractivity contribution in [2.24, 2.45) is 10.8 Å². The second-order valence-corrected chi connectivity index (χ2v) is 7.85. The molecule has 3 aromatic rings. The van der Waals surface area contributed by atoms with E-state index in [1.807, 2.05) is 24.3 Å². The molecule has 2 heterocycles. The van der Waals surface area contributed by atoms with Gasteiger partial charge in [-0.2, -0.15) is 15.8 Å². The first kappa shape index (κ1) is 21.6. The number of carbonyl (C=O) groups is 1. The van der Waals surface area contributed by atoms with Crippen LogP contribution in [0.4, 0.5) is 23.1 Å². The van der Waals surface area contributed by atoms with Gasteiger partial charge in [0.1, 0.15) is 5.69 Å². The number of nitrogens with one attached hydrogen (secondary N) is 2. The number of amides is 1.